The Morgan fingerprint density at radius 2 is 1.40 bits per heavy atom. The first-order chi connectivity index (χ1) is 16.6. The lowest BCUT2D eigenvalue weighted by Crippen LogP contribution is -2.36. The number of nitrogens with one attached hydrogen (secondary N) is 3. The van der Waals surface area contributed by atoms with Crippen molar-refractivity contribution in [1.82, 2.24) is 4.68 Å². The second-order valence-electron chi connectivity index (χ2n) is 7.92. The zero-order valence-electron chi connectivity index (χ0n) is 18.6. The summed E-state index contributed by atoms with van der Waals surface area (Å²) in [5, 5.41) is 6.96. The highest BCUT2D eigenvalue weighted by molar-refractivity contribution is 6.42. The number of rotatable bonds is 4. The number of hydrogen-bond donors (Lipinski definition) is 3. The summed E-state index contributed by atoms with van der Waals surface area (Å²) in [5.74, 6) is -2.43. The van der Waals surface area contributed by atoms with Crippen molar-refractivity contribution < 1.29 is 14.4 Å². The molecule has 0 unspecified atom stereocenters. The summed E-state index contributed by atoms with van der Waals surface area (Å²) in [6.07, 6.45) is 0. The molecule has 1 aromatic heterocycles. The molecule has 0 saturated heterocycles. The Morgan fingerprint density at radius 1 is 0.743 bits per heavy atom. The van der Waals surface area contributed by atoms with E-state index in [1.54, 1.807) is 48.5 Å². The van der Waals surface area contributed by atoms with Crippen LogP contribution < -0.4 is 16.1 Å². The van der Waals surface area contributed by atoms with E-state index in [0.717, 1.165) is 11.1 Å². The molecule has 0 radical (unpaired) electrons. The van der Waals surface area contributed by atoms with Crippen LogP contribution in [0, 0.1) is 13.8 Å². The molecule has 0 fully saturated rings. The molecule has 3 N–H and O–H groups in total. The Hall–Kier alpha value is -3.52. The number of halogens is 3. The SMILES string of the molecule is Cc1cc(C)cc(NC(=O)C(=O)Nn2c(C(=O)Nc3ccc(Cl)cc3Cl)cc3cc(Cl)ccc32)c1. The number of carbonyl (C=O) groups is 3. The molecular formula is C25H19Cl3N4O3. The van der Waals surface area contributed by atoms with E-state index in [4.69, 9.17) is 34.8 Å². The predicted octanol–water partition coefficient (Wildman–Crippen LogP) is 6.18. The zero-order chi connectivity index (χ0) is 25.3. The maximum atomic E-state index is 13.1. The van der Waals surface area contributed by atoms with Gasteiger partial charge in [-0.25, -0.2) is 4.68 Å². The van der Waals surface area contributed by atoms with Crippen LogP contribution in [0.25, 0.3) is 10.9 Å². The van der Waals surface area contributed by atoms with Crippen molar-refractivity contribution in [3.8, 4) is 0 Å². The van der Waals surface area contributed by atoms with Crippen LogP contribution in [0.4, 0.5) is 11.4 Å². The monoisotopic (exact) mass is 528 g/mol. The smallest absolute Gasteiger partial charge is 0.319 e. The van der Waals surface area contributed by atoms with E-state index in [1.165, 1.54) is 10.7 Å². The number of amides is 3. The number of fused-ring (bicyclic) bond motifs is 1. The predicted molar refractivity (Wildman–Crippen MR) is 140 cm³/mol. The minimum Gasteiger partial charge on any atom is -0.319 e. The Labute approximate surface area is 215 Å². The van der Waals surface area contributed by atoms with Gasteiger partial charge in [0, 0.05) is 21.1 Å². The van der Waals surface area contributed by atoms with Gasteiger partial charge in [-0.2, -0.15) is 0 Å². The van der Waals surface area contributed by atoms with Crippen LogP contribution >= 0.6 is 34.8 Å². The van der Waals surface area contributed by atoms with Gasteiger partial charge in [0.2, 0.25) is 0 Å². The zero-order valence-corrected chi connectivity index (χ0v) is 20.8. The number of hydrogen-bond acceptors (Lipinski definition) is 3. The molecule has 0 saturated carbocycles. The maximum absolute atomic E-state index is 13.1. The number of aryl methyl sites for hydroxylation is 2. The van der Waals surface area contributed by atoms with E-state index in [2.05, 4.69) is 16.1 Å². The Morgan fingerprint density at radius 3 is 2.09 bits per heavy atom. The van der Waals surface area contributed by atoms with E-state index < -0.39 is 17.7 Å². The highest BCUT2D eigenvalue weighted by atomic mass is 35.5. The van der Waals surface area contributed by atoms with E-state index in [0.29, 0.717) is 32.3 Å². The standard InChI is InChI=1S/C25H19Cl3N4O3/c1-13-7-14(2)9-18(8-13)29-24(34)25(35)31-32-21-6-4-16(26)10-15(21)11-22(32)23(33)30-20-5-3-17(27)12-19(20)28/h3-12H,1-2H3,(H,29,34)(H,30,33)(H,31,35). The maximum Gasteiger partial charge on any atom is 0.328 e. The van der Waals surface area contributed by atoms with Crippen molar-refractivity contribution >= 4 is 74.8 Å². The molecule has 0 spiro atoms. The first-order valence-corrected chi connectivity index (χ1v) is 11.5. The van der Waals surface area contributed by atoms with Gasteiger partial charge in [-0.3, -0.25) is 19.8 Å². The minimum atomic E-state index is -0.963. The average molecular weight is 530 g/mol. The molecule has 0 aliphatic rings. The lowest BCUT2D eigenvalue weighted by molar-refractivity contribution is -0.133. The summed E-state index contributed by atoms with van der Waals surface area (Å²) >= 11 is 18.2. The fourth-order valence-electron chi connectivity index (χ4n) is 3.64. The van der Waals surface area contributed by atoms with Gasteiger partial charge < -0.3 is 10.6 Å². The second kappa shape index (κ2) is 10.00. The molecule has 0 bridgehead atoms. The van der Waals surface area contributed by atoms with Gasteiger partial charge in [-0.15, -0.1) is 0 Å². The van der Waals surface area contributed by atoms with Crippen molar-refractivity contribution in [3.63, 3.8) is 0 Å². The largest absolute Gasteiger partial charge is 0.328 e. The number of benzene rings is 3. The first-order valence-electron chi connectivity index (χ1n) is 10.4. The van der Waals surface area contributed by atoms with E-state index in [1.807, 2.05) is 19.9 Å². The highest BCUT2D eigenvalue weighted by Gasteiger charge is 2.22. The van der Waals surface area contributed by atoms with Crippen LogP contribution in [0.5, 0.6) is 0 Å². The van der Waals surface area contributed by atoms with Gasteiger partial charge in [-0.1, -0.05) is 40.9 Å². The molecule has 0 atom stereocenters. The molecule has 35 heavy (non-hydrogen) atoms. The lowest BCUT2D eigenvalue weighted by Gasteiger charge is -2.13. The lowest BCUT2D eigenvalue weighted by atomic mass is 10.1. The van der Waals surface area contributed by atoms with Crippen molar-refractivity contribution in [1.29, 1.82) is 0 Å². The summed E-state index contributed by atoms with van der Waals surface area (Å²) in [6.45, 7) is 3.77. The molecule has 3 amide bonds. The van der Waals surface area contributed by atoms with Crippen molar-refractivity contribution in [2.75, 3.05) is 16.1 Å². The summed E-state index contributed by atoms with van der Waals surface area (Å²) in [6, 6.07) is 16.5. The minimum absolute atomic E-state index is 0.0563. The average Bonchev–Trinajstić information content (AvgIpc) is 3.12. The number of carbonyl (C=O) groups excluding carboxylic acids is 3. The molecule has 1 heterocycles. The Bertz CT molecular complexity index is 1480. The summed E-state index contributed by atoms with van der Waals surface area (Å²) in [4.78, 5) is 38.5. The van der Waals surface area contributed by atoms with Crippen LogP contribution in [-0.2, 0) is 9.59 Å². The first kappa shape index (κ1) is 24.6. The van der Waals surface area contributed by atoms with E-state index >= 15 is 0 Å². The van der Waals surface area contributed by atoms with E-state index in [9.17, 15) is 14.4 Å². The third-order valence-corrected chi connectivity index (χ3v) is 5.86. The number of nitrogens with zero attached hydrogens (tertiary/aromatic N) is 1. The topological polar surface area (TPSA) is 92.2 Å². The molecule has 3 aromatic carbocycles. The summed E-state index contributed by atoms with van der Waals surface area (Å²) < 4.78 is 1.23. The number of anilines is 2. The molecule has 0 aliphatic heterocycles. The van der Waals surface area contributed by atoms with E-state index in [-0.39, 0.29) is 10.7 Å². The van der Waals surface area contributed by atoms with Crippen molar-refractivity contribution in [2.45, 2.75) is 13.8 Å². The molecule has 7 nitrogen and oxygen atoms in total. The normalized spacial score (nSPS) is 10.8. The molecule has 10 heteroatoms. The van der Waals surface area contributed by atoms with Gasteiger partial charge in [0.05, 0.1) is 16.2 Å². The summed E-state index contributed by atoms with van der Waals surface area (Å²) in [7, 11) is 0. The third kappa shape index (κ3) is 5.59. The van der Waals surface area contributed by atoms with Gasteiger partial charge in [0.25, 0.3) is 5.91 Å². The van der Waals surface area contributed by atoms with Gasteiger partial charge in [0.1, 0.15) is 5.69 Å². The fraction of sp³-hybridized carbons (Fsp3) is 0.0800. The van der Waals surface area contributed by atoms with Crippen LogP contribution in [0.3, 0.4) is 0 Å². The van der Waals surface area contributed by atoms with Gasteiger partial charge in [0.15, 0.2) is 0 Å². The molecule has 0 aliphatic carbocycles. The number of aromatic nitrogens is 1. The Balaban J connectivity index is 1.64. The quantitative estimate of drug-likeness (QED) is 0.276. The molecule has 4 rings (SSSR count). The van der Waals surface area contributed by atoms with Crippen LogP contribution in [0.1, 0.15) is 21.6 Å². The highest BCUT2D eigenvalue weighted by Crippen LogP contribution is 2.27. The second-order valence-corrected chi connectivity index (χ2v) is 9.20. The molecular weight excluding hydrogens is 511 g/mol. The van der Waals surface area contributed by atoms with Gasteiger partial charge >= 0.3 is 11.8 Å². The van der Waals surface area contributed by atoms with Crippen LogP contribution in [0.15, 0.2) is 60.7 Å². The van der Waals surface area contributed by atoms with Crippen molar-refractivity contribution in [2.24, 2.45) is 0 Å². The van der Waals surface area contributed by atoms with Crippen LogP contribution in [-0.4, -0.2) is 22.4 Å². The summed E-state index contributed by atoms with van der Waals surface area (Å²) in [5.41, 5.74) is 5.72. The molecule has 178 valence electrons. The molecule has 4 aromatic rings. The van der Waals surface area contributed by atoms with Crippen molar-refractivity contribution in [3.05, 3.63) is 92.6 Å². The Kier molecular flexibility index (Phi) is 7.03. The third-order valence-electron chi connectivity index (χ3n) is 5.07. The van der Waals surface area contributed by atoms with Gasteiger partial charge in [-0.05, 0) is 79.6 Å². The van der Waals surface area contributed by atoms with Crippen LogP contribution in [0.2, 0.25) is 15.1 Å². The fourth-order valence-corrected chi connectivity index (χ4v) is 4.27.